The zero-order chi connectivity index (χ0) is 9.97. The fourth-order valence-electron chi connectivity index (χ4n) is 1.53. The van der Waals surface area contributed by atoms with Crippen LogP contribution in [0, 0.1) is 0 Å². The summed E-state index contributed by atoms with van der Waals surface area (Å²) < 4.78 is 5.27. The number of rotatable bonds is 1. The predicted molar refractivity (Wildman–Crippen MR) is 59.2 cm³/mol. The van der Waals surface area contributed by atoms with Gasteiger partial charge in [0.25, 0.3) is 0 Å². The van der Waals surface area contributed by atoms with Crippen LogP contribution in [0.4, 0.5) is 11.4 Å². The Labute approximate surface area is 88.4 Å². The molecule has 1 aromatic rings. The summed E-state index contributed by atoms with van der Waals surface area (Å²) >= 11 is 6.06. The topological polar surface area (TPSA) is 33.3 Å². The number of halogens is 1. The number of methoxy groups -OCH3 is 1. The molecule has 0 bridgehead atoms. The highest BCUT2D eigenvalue weighted by atomic mass is 35.5. The number of ether oxygens (including phenoxy) is 1. The van der Waals surface area contributed by atoms with Gasteiger partial charge in [-0.2, -0.15) is 0 Å². The first-order chi connectivity index (χ1) is 6.81. The fraction of sp³-hybridized carbons (Fsp3) is 0.400. The standard InChI is InChI=1S/C10H13ClN2O/c1-14-7-5-12-9-4-2-3-8(11)10(9)13-6-7/h2-4,7,12-13H,5-6H2,1H3. The molecule has 2 N–H and O–H groups in total. The average Bonchev–Trinajstić information content (AvgIpc) is 2.41. The van der Waals surface area contributed by atoms with Crippen LogP contribution in [-0.4, -0.2) is 26.3 Å². The van der Waals surface area contributed by atoms with Crippen molar-refractivity contribution in [2.45, 2.75) is 6.10 Å². The number of hydrogen-bond donors (Lipinski definition) is 2. The van der Waals surface area contributed by atoms with Gasteiger partial charge in [-0.3, -0.25) is 0 Å². The first kappa shape index (κ1) is 9.62. The highest BCUT2D eigenvalue weighted by Gasteiger charge is 2.15. The minimum absolute atomic E-state index is 0.179. The van der Waals surface area contributed by atoms with Gasteiger partial charge in [0.05, 0.1) is 22.5 Å². The van der Waals surface area contributed by atoms with Crippen molar-refractivity contribution in [3.05, 3.63) is 23.2 Å². The number of hydrogen-bond acceptors (Lipinski definition) is 3. The van der Waals surface area contributed by atoms with Crippen LogP contribution < -0.4 is 10.6 Å². The molecule has 0 spiro atoms. The van der Waals surface area contributed by atoms with Crippen molar-refractivity contribution in [2.75, 3.05) is 30.8 Å². The molecule has 0 aromatic heterocycles. The van der Waals surface area contributed by atoms with Crippen LogP contribution in [0.25, 0.3) is 0 Å². The molecule has 4 heteroatoms. The van der Waals surface area contributed by atoms with Crippen molar-refractivity contribution in [1.82, 2.24) is 0 Å². The maximum atomic E-state index is 6.06. The molecule has 1 aromatic carbocycles. The van der Waals surface area contributed by atoms with Gasteiger partial charge in [0, 0.05) is 20.2 Å². The molecule has 0 aliphatic carbocycles. The van der Waals surface area contributed by atoms with E-state index < -0.39 is 0 Å². The first-order valence-electron chi connectivity index (χ1n) is 4.60. The number of benzene rings is 1. The second-order valence-electron chi connectivity index (χ2n) is 3.28. The van der Waals surface area contributed by atoms with E-state index in [1.807, 2.05) is 18.2 Å². The number of anilines is 2. The molecule has 3 nitrogen and oxygen atoms in total. The third kappa shape index (κ3) is 1.79. The van der Waals surface area contributed by atoms with Gasteiger partial charge in [-0.25, -0.2) is 0 Å². The molecular formula is C10H13ClN2O. The number of fused-ring (bicyclic) bond motifs is 1. The van der Waals surface area contributed by atoms with Crippen molar-refractivity contribution in [3.63, 3.8) is 0 Å². The lowest BCUT2D eigenvalue weighted by molar-refractivity contribution is 0.124. The van der Waals surface area contributed by atoms with E-state index in [1.54, 1.807) is 7.11 Å². The Balaban J connectivity index is 2.25. The fourth-order valence-corrected chi connectivity index (χ4v) is 1.77. The van der Waals surface area contributed by atoms with Crippen LogP contribution in [0.15, 0.2) is 18.2 Å². The van der Waals surface area contributed by atoms with Gasteiger partial charge in [0.2, 0.25) is 0 Å². The summed E-state index contributed by atoms with van der Waals surface area (Å²) in [6, 6.07) is 5.82. The normalized spacial score (nSPS) is 20.3. The van der Waals surface area contributed by atoms with Crippen LogP contribution in [0.5, 0.6) is 0 Å². The molecule has 0 saturated heterocycles. The van der Waals surface area contributed by atoms with E-state index in [0.29, 0.717) is 0 Å². The molecule has 1 heterocycles. The van der Waals surface area contributed by atoms with Crippen molar-refractivity contribution in [3.8, 4) is 0 Å². The van der Waals surface area contributed by atoms with E-state index in [1.165, 1.54) is 0 Å². The molecule has 14 heavy (non-hydrogen) atoms. The molecular weight excluding hydrogens is 200 g/mol. The van der Waals surface area contributed by atoms with E-state index in [2.05, 4.69) is 10.6 Å². The van der Waals surface area contributed by atoms with E-state index in [9.17, 15) is 0 Å². The van der Waals surface area contributed by atoms with Gasteiger partial charge in [-0.05, 0) is 12.1 Å². The second kappa shape index (κ2) is 4.07. The number of para-hydroxylation sites is 1. The van der Waals surface area contributed by atoms with Crippen LogP contribution >= 0.6 is 11.6 Å². The van der Waals surface area contributed by atoms with Gasteiger partial charge in [0.1, 0.15) is 0 Å². The van der Waals surface area contributed by atoms with Crippen LogP contribution in [0.3, 0.4) is 0 Å². The van der Waals surface area contributed by atoms with Gasteiger partial charge < -0.3 is 15.4 Å². The Morgan fingerprint density at radius 3 is 2.93 bits per heavy atom. The third-order valence-electron chi connectivity index (χ3n) is 2.37. The van der Waals surface area contributed by atoms with Crippen molar-refractivity contribution < 1.29 is 4.74 Å². The van der Waals surface area contributed by atoms with Crippen molar-refractivity contribution in [1.29, 1.82) is 0 Å². The van der Waals surface area contributed by atoms with Crippen molar-refractivity contribution in [2.24, 2.45) is 0 Å². The van der Waals surface area contributed by atoms with Gasteiger partial charge in [0.15, 0.2) is 0 Å². The highest BCUT2D eigenvalue weighted by molar-refractivity contribution is 6.34. The minimum atomic E-state index is 0.179. The summed E-state index contributed by atoms with van der Waals surface area (Å²) in [4.78, 5) is 0. The zero-order valence-corrected chi connectivity index (χ0v) is 8.77. The van der Waals surface area contributed by atoms with E-state index in [4.69, 9.17) is 16.3 Å². The van der Waals surface area contributed by atoms with Crippen LogP contribution in [0.1, 0.15) is 0 Å². The van der Waals surface area contributed by atoms with E-state index >= 15 is 0 Å². The Morgan fingerprint density at radius 1 is 1.36 bits per heavy atom. The molecule has 0 saturated carbocycles. The van der Waals surface area contributed by atoms with Gasteiger partial charge in [-0.1, -0.05) is 17.7 Å². The SMILES string of the molecule is COC1CNc2cccc(Cl)c2NC1. The molecule has 0 radical (unpaired) electrons. The zero-order valence-electron chi connectivity index (χ0n) is 8.01. The minimum Gasteiger partial charge on any atom is -0.381 e. The largest absolute Gasteiger partial charge is 0.381 e. The molecule has 1 unspecified atom stereocenters. The molecule has 0 fully saturated rings. The van der Waals surface area contributed by atoms with Crippen LogP contribution in [-0.2, 0) is 4.74 Å². The monoisotopic (exact) mass is 212 g/mol. The molecule has 0 amide bonds. The average molecular weight is 213 g/mol. The molecule has 1 aliphatic heterocycles. The lowest BCUT2D eigenvalue weighted by Crippen LogP contribution is -2.26. The maximum absolute atomic E-state index is 6.06. The molecule has 1 aliphatic rings. The smallest absolute Gasteiger partial charge is 0.0915 e. The second-order valence-corrected chi connectivity index (χ2v) is 3.69. The number of nitrogens with one attached hydrogen (secondary N) is 2. The summed E-state index contributed by atoms with van der Waals surface area (Å²) in [6.45, 7) is 1.58. The molecule has 76 valence electrons. The molecule has 2 rings (SSSR count). The summed E-state index contributed by atoms with van der Waals surface area (Å²) in [5.74, 6) is 0. The molecule has 1 atom stereocenters. The lowest BCUT2D eigenvalue weighted by Gasteiger charge is -2.11. The maximum Gasteiger partial charge on any atom is 0.0915 e. The summed E-state index contributed by atoms with van der Waals surface area (Å²) in [7, 11) is 1.71. The lowest BCUT2D eigenvalue weighted by atomic mass is 10.2. The first-order valence-corrected chi connectivity index (χ1v) is 4.98. The van der Waals surface area contributed by atoms with Gasteiger partial charge in [-0.15, -0.1) is 0 Å². The summed E-state index contributed by atoms with van der Waals surface area (Å²) in [6.07, 6.45) is 0.179. The highest BCUT2D eigenvalue weighted by Crippen LogP contribution is 2.31. The quantitative estimate of drug-likeness (QED) is 0.749. The van der Waals surface area contributed by atoms with Crippen LogP contribution in [0.2, 0.25) is 5.02 Å². The van der Waals surface area contributed by atoms with E-state index in [-0.39, 0.29) is 6.10 Å². The summed E-state index contributed by atoms with van der Waals surface area (Å²) in [5, 5.41) is 7.31. The summed E-state index contributed by atoms with van der Waals surface area (Å²) in [5.41, 5.74) is 2.01. The van der Waals surface area contributed by atoms with E-state index in [0.717, 1.165) is 29.5 Å². The van der Waals surface area contributed by atoms with Crippen molar-refractivity contribution >= 4 is 23.0 Å². The Bertz CT molecular complexity index is 330. The van der Waals surface area contributed by atoms with Gasteiger partial charge >= 0.3 is 0 Å². The Kier molecular flexibility index (Phi) is 2.79. The Hall–Kier alpha value is -0.930. The third-order valence-corrected chi connectivity index (χ3v) is 2.69. The Morgan fingerprint density at radius 2 is 2.14 bits per heavy atom. The predicted octanol–water partition coefficient (Wildman–Crippen LogP) is 2.19.